The summed E-state index contributed by atoms with van der Waals surface area (Å²) < 4.78 is 0. The zero-order valence-electron chi connectivity index (χ0n) is 14.2. The van der Waals surface area contributed by atoms with E-state index < -0.39 is 0 Å². The highest BCUT2D eigenvalue weighted by molar-refractivity contribution is 5.95. The number of carbonyl (C=O) groups excluding carboxylic acids is 1. The first-order valence-corrected chi connectivity index (χ1v) is 8.53. The van der Waals surface area contributed by atoms with E-state index in [1.165, 1.54) is 6.33 Å². The number of rotatable bonds is 4. The zero-order valence-corrected chi connectivity index (χ0v) is 14.2. The fourth-order valence-electron chi connectivity index (χ4n) is 3.05. The minimum Gasteiger partial charge on any atom is -0.336 e. The van der Waals surface area contributed by atoms with Crippen molar-refractivity contribution in [2.75, 3.05) is 26.2 Å². The number of carbonyl (C=O) groups is 1. The van der Waals surface area contributed by atoms with E-state index in [4.69, 9.17) is 0 Å². The van der Waals surface area contributed by atoms with E-state index in [1.807, 2.05) is 29.2 Å². The second-order valence-electron chi connectivity index (χ2n) is 6.15. The average molecular weight is 349 g/mol. The lowest BCUT2D eigenvalue weighted by Crippen LogP contribution is -2.48. The van der Waals surface area contributed by atoms with Gasteiger partial charge in [0.2, 0.25) is 0 Å². The Balaban J connectivity index is 1.41. The number of hydrogen-bond donors (Lipinski definition) is 1. The third-order valence-electron chi connectivity index (χ3n) is 4.43. The Morgan fingerprint density at radius 3 is 2.58 bits per heavy atom. The van der Waals surface area contributed by atoms with E-state index >= 15 is 0 Å². The molecule has 1 amide bonds. The molecule has 8 nitrogen and oxygen atoms in total. The summed E-state index contributed by atoms with van der Waals surface area (Å²) in [6.45, 7) is 3.74. The lowest BCUT2D eigenvalue weighted by atomic mass is 10.1. The maximum atomic E-state index is 12.8. The normalized spacial score (nSPS) is 15.2. The Morgan fingerprint density at radius 1 is 1.04 bits per heavy atom. The fourth-order valence-corrected chi connectivity index (χ4v) is 3.05. The van der Waals surface area contributed by atoms with Crippen LogP contribution in [0.2, 0.25) is 0 Å². The molecule has 1 fully saturated rings. The van der Waals surface area contributed by atoms with Crippen molar-refractivity contribution in [1.82, 2.24) is 34.9 Å². The van der Waals surface area contributed by atoms with Gasteiger partial charge in [0, 0.05) is 49.7 Å². The van der Waals surface area contributed by atoms with Gasteiger partial charge in [-0.05, 0) is 18.2 Å². The Morgan fingerprint density at radius 2 is 1.85 bits per heavy atom. The van der Waals surface area contributed by atoms with Crippen molar-refractivity contribution in [3.05, 3.63) is 60.4 Å². The molecular weight excluding hydrogens is 330 g/mol. The van der Waals surface area contributed by atoms with Gasteiger partial charge in [0.05, 0.1) is 6.54 Å². The number of aromatic amines is 1. The maximum Gasteiger partial charge on any atom is 0.253 e. The molecule has 0 aliphatic carbocycles. The monoisotopic (exact) mass is 349 g/mol. The standard InChI is InChI=1S/C18H19N7O/c26-18(15-4-1-3-14(11-15)17-19-5-2-6-20-17)25-9-7-24(8-10-25)12-16-21-13-22-23-16/h1-6,11,13H,7-10,12H2,(H,21,22,23). The molecule has 2 aromatic heterocycles. The molecule has 8 heteroatoms. The van der Waals surface area contributed by atoms with Crippen molar-refractivity contribution < 1.29 is 4.79 Å². The largest absolute Gasteiger partial charge is 0.336 e. The predicted molar refractivity (Wildman–Crippen MR) is 95.0 cm³/mol. The van der Waals surface area contributed by atoms with Crippen molar-refractivity contribution in [2.45, 2.75) is 6.54 Å². The molecule has 0 radical (unpaired) electrons. The first-order valence-electron chi connectivity index (χ1n) is 8.53. The summed E-state index contributed by atoms with van der Waals surface area (Å²) in [4.78, 5) is 29.6. The lowest BCUT2D eigenvalue weighted by Gasteiger charge is -2.34. The van der Waals surface area contributed by atoms with E-state index in [2.05, 4.69) is 30.0 Å². The van der Waals surface area contributed by atoms with Crippen molar-refractivity contribution in [3.8, 4) is 11.4 Å². The van der Waals surface area contributed by atoms with E-state index in [1.54, 1.807) is 18.5 Å². The number of benzene rings is 1. The highest BCUT2D eigenvalue weighted by atomic mass is 16.2. The molecule has 1 aromatic carbocycles. The number of nitrogens with one attached hydrogen (secondary N) is 1. The molecule has 0 saturated carbocycles. The Bertz CT molecular complexity index is 858. The van der Waals surface area contributed by atoms with Gasteiger partial charge in [-0.1, -0.05) is 12.1 Å². The van der Waals surface area contributed by atoms with Crippen LogP contribution in [-0.4, -0.2) is 67.0 Å². The zero-order chi connectivity index (χ0) is 17.8. The second kappa shape index (κ2) is 7.40. The molecule has 3 aromatic rings. The van der Waals surface area contributed by atoms with Gasteiger partial charge in [-0.2, -0.15) is 5.10 Å². The number of piperazine rings is 1. The van der Waals surface area contributed by atoms with Crippen LogP contribution in [0, 0.1) is 0 Å². The smallest absolute Gasteiger partial charge is 0.253 e. The van der Waals surface area contributed by atoms with Gasteiger partial charge in [-0.3, -0.25) is 14.8 Å². The van der Waals surface area contributed by atoms with Crippen LogP contribution in [0.5, 0.6) is 0 Å². The van der Waals surface area contributed by atoms with Gasteiger partial charge in [0.25, 0.3) is 5.91 Å². The van der Waals surface area contributed by atoms with Crippen molar-refractivity contribution in [2.24, 2.45) is 0 Å². The summed E-state index contributed by atoms with van der Waals surface area (Å²) in [5.74, 6) is 1.52. The van der Waals surface area contributed by atoms with Crippen molar-refractivity contribution >= 4 is 5.91 Å². The first kappa shape index (κ1) is 16.3. The number of nitrogens with zero attached hydrogens (tertiary/aromatic N) is 6. The number of hydrogen-bond acceptors (Lipinski definition) is 6. The molecule has 1 aliphatic rings. The SMILES string of the molecule is O=C(c1cccc(-c2ncccn2)c1)N1CCN(Cc2ncn[nH]2)CC1. The molecule has 3 heterocycles. The molecule has 0 atom stereocenters. The summed E-state index contributed by atoms with van der Waals surface area (Å²) in [5.41, 5.74) is 1.51. The Hall–Kier alpha value is -3.13. The van der Waals surface area contributed by atoms with Crippen LogP contribution in [0.3, 0.4) is 0 Å². The topological polar surface area (TPSA) is 90.9 Å². The van der Waals surface area contributed by atoms with Gasteiger partial charge in [-0.15, -0.1) is 0 Å². The number of amides is 1. The summed E-state index contributed by atoms with van der Waals surface area (Å²) >= 11 is 0. The third-order valence-corrected chi connectivity index (χ3v) is 4.43. The summed E-state index contributed by atoms with van der Waals surface area (Å²) in [6.07, 6.45) is 4.91. The first-order chi connectivity index (χ1) is 12.8. The maximum absolute atomic E-state index is 12.8. The third kappa shape index (κ3) is 3.60. The van der Waals surface area contributed by atoms with Crippen molar-refractivity contribution in [1.29, 1.82) is 0 Å². The number of H-pyrrole nitrogens is 1. The average Bonchev–Trinajstić information content (AvgIpc) is 3.22. The lowest BCUT2D eigenvalue weighted by molar-refractivity contribution is 0.0625. The van der Waals surface area contributed by atoms with Gasteiger partial charge < -0.3 is 4.90 Å². The molecule has 0 bridgehead atoms. The molecule has 1 N–H and O–H groups in total. The van der Waals surface area contributed by atoms with E-state index in [9.17, 15) is 4.79 Å². The quantitative estimate of drug-likeness (QED) is 0.762. The van der Waals surface area contributed by atoms with Crippen LogP contribution >= 0.6 is 0 Å². The molecule has 132 valence electrons. The van der Waals surface area contributed by atoms with Crippen molar-refractivity contribution in [3.63, 3.8) is 0 Å². The van der Waals surface area contributed by atoms with Crippen LogP contribution in [-0.2, 0) is 6.54 Å². The van der Waals surface area contributed by atoms with Crippen LogP contribution in [0.4, 0.5) is 0 Å². The molecule has 0 spiro atoms. The Kier molecular flexibility index (Phi) is 4.65. The van der Waals surface area contributed by atoms with Crippen LogP contribution in [0.15, 0.2) is 49.1 Å². The van der Waals surface area contributed by atoms with E-state index in [-0.39, 0.29) is 5.91 Å². The molecule has 1 aliphatic heterocycles. The fraction of sp³-hybridized carbons (Fsp3) is 0.278. The molecule has 26 heavy (non-hydrogen) atoms. The molecule has 1 saturated heterocycles. The van der Waals surface area contributed by atoms with Gasteiger partial charge in [0.15, 0.2) is 5.82 Å². The summed E-state index contributed by atoms with van der Waals surface area (Å²) in [5, 5.41) is 6.74. The highest BCUT2D eigenvalue weighted by Gasteiger charge is 2.23. The van der Waals surface area contributed by atoms with Crippen LogP contribution in [0.25, 0.3) is 11.4 Å². The highest BCUT2D eigenvalue weighted by Crippen LogP contribution is 2.17. The van der Waals surface area contributed by atoms with Gasteiger partial charge in [-0.25, -0.2) is 15.0 Å². The molecule has 0 unspecified atom stereocenters. The predicted octanol–water partition coefficient (Wildman–Crippen LogP) is 1.22. The van der Waals surface area contributed by atoms with Gasteiger partial charge >= 0.3 is 0 Å². The molecular formula is C18H19N7O. The minimum atomic E-state index is 0.0436. The Labute approximate surface area is 150 Å². The minimum absolute atomic E-state index is 0.0436. The van der Waals surface area contributed by atoms with E-state index in [0.717, 1.165) is 31.0 Å². The van der Waals surface area contributed by atoms with Gasteiger partial charge in [0.1, 0.15) is 12.2 Å². The van der Waals surface area contributed by atoms with E-state index in [0.29, 0.717) is 24.5 Å². The van der Waals surface area contributed by atoms with Crippen LogP contribution in [0.1, 0.15) is 16.2 Å². The number of aromatic nitrogens is 5. The summed E-state index contributed by atoms with van der Waals surface area (Å²) in [7, 11) is 0. The second-order valence-corrected chi connectivity index (χ2v) is 6.15. The molecule has 4 rings (SSSR count). The summed E-state index contributed by atoms with van der Waals surface area (Å²) in [6, 6.07) is 9.27. The van der Waals surface area contributed by atoms with Crippen LogP contribution < -0.4 is 0 Å².